The van der Waals surface area contributed by atoms with Crippen molar-refractivity contribution in [3.63, 3.8) is 0 Å². The second kappa shape index (κ2) is 7.43. The fourth-order valence-electron chi connectivity index (χ4n) is 5.79. The second-order valence-electron chi connectivity index (χ2n) is 9.58. The lowest BCUT2D eigenvalue weighted by Crippen LogP contribution is -2.16. The minimum Gasteiger partial charge on any atom is -0.453 e. The number of furan rings is 1. The zero-order valence-corrected chi connectivity index (χ0v) is 19.4. The van der Waals surface area contributed by atoms with Crippen LogP contribution in [-0.2, 0) is 0 Å². The van der Waals surface area contributed by atoms with Crippen molar-refractivity contribution in [3.05, 3.63) is 74.8 Å². The Kier molecular flexibility index (Phi) is 4.30. The van der Waals surface area contributed by atoms with E-state index in [1.54, 1.807) is 25.3 Å². The Labute approximate surface area is 199 Å². The van der Waals surface area contributed by atoms with Gasteiger partial charge < -0.3 is 9.40 Å². The van der Waals surface area contributed by atoms with Crippen molar-refractivity contribution in [1.29, 1.82) is 0 Å². The van der Waals surface area contributed by atoms with E-state index in [2.05, 4.69) is 15.1 Å². The molecule has 6 aromatic rings. The molecule has 7 heteroatoms. The third kappa shape index (κ3) is 2.87. The van der Waals surface area contributed by atoms with Gasteiger partial charge in [-0.1, -0.05) is 43.5 Å². The minimum absolute atomic E-state index is 0.0703. The Morgan fingerprint density at radius 3 is 2.69 bits per heavy atom. The molecule has 7 nitrogen and oxygen atoms in total. The molecule has 2 aromatic carbocycles. The van der Waals surface area contributed by atoms with Gasteiger partial charge in [-0.15, -0.1) is 0 Å². The van der Waals surface area contributed by atoms with Gasteiger partial charge in [0.05, 0.1) is 22.5 Å². The molecule has 0 spiro atoms. The minimum atomic E-state index is -0.159. The van der Waals surface area contributed by atoms with E-state index in [9.17, 15) is 9.59 Å². The van der Waals surface area contributed by atoms with Crippen molar-refractivity contribution in [2.45, 2.75) is 45.1 Å². The lowest BCUT2D eigenvalue weighted by Gasteiger charge is -2.23. The number of aromatic nitrogens is 4. The maximum atomic E-state index is 13.5. The van der Waals surface area contributed by atoms with E-state index in [0.717, 1.165) is 58.7 Å². The first-order valence-electron chi connectivity index (χ1n) is 12.2. The zero-order valence-electron chi connectivity index (χ0n) is 19.4. The molecule has 0 atom stereocenters. The fourth-order valence-corrected chi connectivity index (χ4v) is 5.79. The van der Waals surface area contributed by atoms with Crippen molar-refractivity contribution < 1.29 is 4.42 Å². The van der Waals surface area contributed by atoms with Crippen LogP contribution in [-0.4, -0.2) is 19.7 Å². The van der Waals surface area contributed by atoms with Gasteiger partial charge in [0.25, 0.3) is 5.56 Å². The number of benzene rings is 2. The molecule has 0 unspecified atom stereocenters. The Morgan fingerprint density at radius 1 is 1.00 bits per heavy atom. The van der Waals surface area contributed by atoms with Gasteiger partial charge in [0.1, 0.15) is 11.2 Å². The van der Waals surface area contributed by atoms with Crippen LogP contribution in [0, 0.1) is 6.92 Å². The Hall–Kier alpha value is -4.13. The first kappa shape index (κ1) is 20.3. The summed E-state index contributed by atoms with van der Waals surface area (Å²) in [7, 11) is 0. The van der Waals surface area contributed by atoms with Crippen LogP contribution >= 0.6 is 0 Å². The molecule has 0 aliphatic heterocycles. The lowest BCUT2D eigenvalue weighted by atomic mass is 9.95. The highest BCUT2D eigenvalue weighted by Gasteiger charge is 2.26. The average Bonchev–Trinajstić information content (AvgIpc) is 3.43. The quantitative estimate of drug-likeness (QED) is 0.331. The van der Waals surface area contributed by atoms with Crippen molar-refractivity contribution in [1.82, 2.24) is 19.7 Å². The van der Waals surface area contributed by atoms with Crippen molar-refractivity contribution in [2.75, 3.05) is 0 Å². The number of H-pyrrole nitrogens is 2. The summed E-state index contributed by atoms with van der Waals surface area (Å²) in [6.07, 6.45) is 7.34. The molecule has 0 radical (unpaired) electrons. The number of rotatable bonds is 2. The number of nitrogens with one attached hydrogen (secondary N) is 2. The van der Waals surface area contributed by atoms with Gasteiger partial charge in [-0.05, 0) is 38.0 Å². The number of pyridine rings is 2. The molecule has 7 rings (SSSR count). The third-order valence-electron chi connectivity index (χ3n) is 7.55. The van der Waals surface area contributed by atoms with E-state index in [0.29, 0.717) is 27.7 Å². The predicted molar refractivity (Wildman–Crippen MR) is 138 cm³/mol. The molecule has 0 bridgehead atoms. The summed E-state index contributed by atoms with van der Waals surface area (Å²) in [6, 6.07) is 13.5. The second-order valence-corrected chi connectivity index (χ2v) is 9.58. The van der Waals surface area contributed by atoms with Gasteiger partial charge in [0.15, 0.2) is 11.0 Å². The smallest absolute Gasteiger partial charge is 0.274 e. The van der Waals surface area contributed by atoms with Gasteiger partial charge in [-0.2, -0.15) is 0 Å². The number of aryl methyl sites for hydroxylation is 1. The average molecular weight is 465 g/mol. The largest absolute Gasteiger partial charge is 0.453 e. The van der Waals surface area contributed by atoms with Crippen LogP contribution < -0.4 is 11.0 Å². The van der Waals surface area contributed by atoms with Gasteiger partial charge in [0, 0.05) is 33.7 Å². The topological polar surface area (TPSA) is 96.7 Å². The van der Waals surface area contributed by atoms with Gasteiger partial charge >= 0.3 is 0 Å². The van der Waals surface area contributed by atoms with Crippen LogP contribution in [0.5, 0.6) is 0 Å². The molecule has 4 heterocycles. The Balaban J connectivity index is 1.69. The molecule has 1 saturated carbocycles. The molecule has 4 aromatic heterocycles. The van der Waals surface area contributed by atoms with Gasteiger partial charge in [0.2, 0.25) is 0 Å². The number of hydrogen-bond acceptors (Lipinski definition) is 4. The maximum Gasteiger partial charge on any atom is 0.274 e. The van der Waals surface area contributed by atoms with Crippen molar-refractivity contribution in [2.24, 2.45) is 0 Å². The highest BCUT2D eigenvalue weighted by molar-refractivity contribution is 6.17. The molecule has 174 valence electrons. The summed E-state index contributed by atoms with van der Waals surface area (Å²) in [5, 5.41) is 5.50. The summed E-state index contributed by atoms with van der Waals surface area (Å²) in [5.41, 5.74) is 5.31. The molecule has 1 fully saturated rings. The molecule has 0 saturated heterocycles. The van der Waals surface area contributed by atoms with E-state index in [1.165, 1.54) is 6.42 Å². The van der Waals surface area contributed by atoms with Crippen LogP contribution in [0.2, 0.25) is 0 Å². The van der Waals surface area contributed by atoms with Crippen LogP contribution in [0.3, 0.4) is 0 Å². The van der Waals surface area contributed by atoms with Gasteiger partial charge in [-0.25, -0.2) is 0 Å². The van der Waals surface area contributed by atoms with E-state index in [4.69, 9.17) is 4.42 Å². The van der Waals surface area contributed by atoms with E-state index in [1.807, 2.05) is 35.0 Å². The van der Waals surface area contributed by atoms with E-state index >= 15 is 0 Å². The number of fused-ring (bicyclic) bond motifs is 5. The highest BCUT2D eigenvalue weighted by atomic mass is 16.3. The predicted octanol–water partition coefficient (Wildman–Crippen LogP) is 5.95. The van der Waals surface area contributed by atoms with Crippen molar-refractivity contribution >= 4 is 44.0 Å². The summed E-state index contributed by atoms with van der Waals surface area (Å²) in [6.45, 7) is 1.78. The number of nitrogens with zero attached hydrogens (tertiary/aromatic N) is 2. The molecular formula is C28H24N4O3. The molecule has 35 heavy (non-hydrogen) atoms. The highest BCUT2D eigenvalue weighted by Crippen LogP contribution is 2.41. The van der Waals surface area contributed by atoms with Crippen LogP contribution in [0.15, 0.2) is 62.7 Å². The Bertz CT molecular complexity index is 1890. The number of hydrogen-bond donors (Lipinski definition) is 2. The molecule has 1 aliphatic rings. The SMILES string of the molecule is Cc1c(=O)ccc2c1oc1c(-c3cccc4cccnc34)c3c(=O)[nH]n(C4CCCCC4)c3[nH]c12. The number of aromatic amines is 2. The van der Waals surface area contributed by atoms with Crippen LogP contribution in [0.4, 0.5) is 0 Å². The van der Waals surface area contributed by atoms with Gasteiger partial charge in [-0.3, -0.25) is 24.4 Å². The van der Waals surface area contributed by atoms with Crippen LogP contribution in [0.1, 0.15) is 43.7 Å². The number of para-hydroxylation sites is 1. The monoisotopic (exact) mass is 464 g/mol. The summed E-state index contributed by atoms with van der Waals surface area (Å²) < 4.78 is 8.42. The summed E-state index contributed by atoms with van der Waals surface area (Å²) >= 11 is 0. The van der Waals surface area contributed by atoms with E-state index < -0.39 is 0 Å². The summed E-state index contributed by atoms with van der Waals surface area (Å²) in [4.78, 5) is 34.1. The molecule has 2 N–H and O–H groups in total. The molecular weight excluding hydrogens is 440 g/mol. The lowest BCUT2D eigenvalue weighted by molar-refractivity contribution is 0.335. The molecule has 0 amide bonds. The normalized spacial score (nSPS) is 15.1. The standard InChI is InChI=1S/C28H24N4O3/c1-15-20(33)13-12-19-24-26(35-25(15)19)21(18-11-5-7-16-8-6-14-29-23(16)18)22-27(30-24)32(31-28(22)34)17-9-3-2-4-10-17/h5-8,11-14,17,30H,2-4,9-10H2,1H3,(H,31,34). The maximum absolute atomic E-state index is 13.5. The fraction of sp³-hybridized carbons (Fsp3) is 0.250. The first-order chi connectivity index (χ1) is 17.1. The summed E-state index contributed by atoms with van der Waals surface area (Å²) in [5.74, 6) is 0. The third-order valence-corrected chi connectivity index (χ3v) is 7.55. The Morgan fingerprint density at radius 2 is 1.83 bits per heavy atom. The van der Waals surface area contributed by atoms with Crippen molar-refractivity contribution in [3.8, 4) is 11.1 Å². The van der Waals surface area contributed by atoms with Crippen LogP contribution in [0.25, 0.3) is 55.1 Å². The first-order valence-corrected chi connectivity index (χ1v) is 12.2. The zero-order chi connectivity index (χ0) is 23.7. The van der Waals surface area contributed by atoms with E-state index in [-0.39, 0.29) is 17.0 Å². The molecule has 1 aliphatic carbocycles.